The van der Waals surface area contributed by atoms with Gasteiger partial charge < -0.3 is 10.1 Å². The number of hydrogen-bond donors (Lipinski definition) is 1. The second-order valence-electron chi connectivity index (χ2n) is 6.45. The Morgan fingerprint density at radius 1 is 1.19 bits per heavy atom. The van der Waals surface area contributed by atoms with Gasteiger partial charge in [-0.3, -0.25) is 4.79 Å². The molecule has 1 N–H and O–H groups in total. The van der Waals surface area contributed by atoms with Gasteiger partial charge in [0.25, 0.3) is 5.91 Å². The van der Waals surface area contributed by atoms with Gasteiger partial charge in [-0.1, -0.05) is 41.4 Å². The van der Waals surface area contributed by atoms with Crippen molar-refractivity contribution in [1.82, 2.24) is 0 Å². The zero-order valence-electron chi connectivity index (χ0n) is 16.1. The summed E-state index contributed by atoms with van der Waals surface area (Å²) in [5.74, 6) is -0.689. The summed E-state index contributed by atoms with van der Waals surface area (Å²) in [5, 5.41) is 12.7. The first-order chi connectivity index (χ1) is 15.3. The van der Waals surface area contributed by atoms with Crippen LogP contribution in [-0.4, -0.2) is 5.91 Å². The molecule has 0 saturated heterocycles. The molecule has 1 amide bonds. The highest BCUT2D eigenvalue weighted by Crippen LogP contribution is 2.34. The number of para-hydroxylation sites is 1. The predicted octanol–water partition coefficient (Wildman–Crippen LogP) is 7.62. The van der Waals surface area contributed by atoms with E-state index >= 15 is 0 Å². The van der Waals surface area contributed by atoms with Crippen molar-refractivity contribution in [3.63, 3.8) is 0 Å². The van der Waals surface area contributed by atoms with Crippen molar-refractivity contribution in [2.75, 3.05) is 5.32 Å². The van der Waals surface area contributed by atoms with E-state index in [4.69, 9.17) is 27.9 Å². The van der Waals surface area contributed by atoms with Crippen LogP contribution in [0.15, 0.2) is 64.6 Å². The summed E-state index contributed by atoms with van der Waals surface area (Å²) in [6.07, 6.45) is 1.42. The third-order valence-corrected chi connectivity index (χ3v) is 6.32. The quantitative estimate of drug-likeness (QED) is 0.170. The Balaban J connectivity index is 1.78. The van der Waals surface area contributed by atoms with Gasteiger partial charge in [0.1, 0.15) is 29.8 Å². The van der Waals surface area contributed by atoms with Crippen molar-refractivity contribution < 1.29 is 13.9 Å². The molecular formula is C23H13BrCl2FIN2O2. The summed E-state index contributed by atoms with van der Waals surface area (Å²) in [5.41, 5.74) is 1.28. The number of anilines is 1. The Labute approximate surface area is 216 Å². The Hall–Kier alpha value is -2.12. The van der Waals surface area contributed by atoms with E-state index in [1.165, 1.54) is 24.3 Å². The van der Waals surface area contributed by atoms with Crippen molar-refractivity contribution in [1.29, 1.82) is 5.26 Å². The number of carbonyl (C=O) groups is 1. The fourth-order valence-corrected chi connectivity index (χ4v) is 4.74. The third kappa shape index (κ3) is 6.23. The van der Waals surface area contributed by atoms with E-state index in [9.17, 15) is 14.4 Å². The minimum absolute atomic E-state index is 0.000428. The molecule has 0 aliphatic carbocycles. The maximum absolute atomic E-state index is 13.8. The maximum atomic E-state index is 13.8. The van der Waals surface area contributed by atoms with Crippen LogP contribution < -0.4 is 10.1 Å². The van der Waals surface area contributed by atoms with Gasteiger partial charge in [-0.05, 0) is 92.1 Å². The number of rotatable bonds is 6. The van der Waals surface area contributed by atoms with Crippen molar-refractivity contribution in [2.24, 2.45) is 0 Å². The van der Waals surface area contributed by atoms with Crippen molar-refractivity contribution in [3.05, 3.63) is 95.2 Å². The van der Waals surface area contributed by atoms with Crippen LogP contribution in [0.2, 0.25) is 10.0 Å². The first-order valence-electron chi connectivity index (χ1n) is 9.02. The molecule has 0 radical (unpaired) electrons. The summed E-state index contributed by atoms with van der Waals surface area (Å²) >= 11 is 17.6. The van der Waals surface area contributed by atoms with Gasteiger partial charge in [0.15, 0.2) is 0 Å². The Morgan fingerprint density at radius 2 is 1.94 bits per heavy atom. The van der Waals surface area contributed by atoms with Crippen LogP contribution in [0.1, 0.15) is 11.1 Å². The molecule has 3 aromatic rings. The van der Waals surface area contributed by atoms with Crippen LogP contribution in [0.5, 0.6) is 5.75 Å². The minimum Gasteiger partial charge on any atom is -0.487 e. The van der Waals surface area contributed by atoms with Crippen molar-refractivity contribution in [2.45, 2.75) is 6.61 Å². The zero-order valence-corrected chi connectivity index (χ0v) is 21.4. The predicted molar refractivity (Wildman–Crippen MR) is 136 cm³/mol. The van der Waals surface area contributed by atoms with Crippen LogP contribution >= 0.6 is 61.7 Å². The van der Waals surface area contributed by atoms with E-state index in [1.807, 2.05) is 12.1 Å². The van der Waals surface area contributed by atoms with E-state index in [-0.39, 0.29) is 17.9 Å². The average molecular weight is 646 g/mol. The van der Waals surface area contributed by atoms with Crippen LogP contribution in [0, 0.1) is 20.7 Å². The first kappa shape index (κ1) is 24.5. The fourth-order valence-electron chi connectivity index (χ4n) is 2.65. The molecule has 3 aromatic carbocycles. The summed E-state index contributed by atoms with van der Waals surface area (Å²) in [4.78, 5) is 12.4. The molecule has 9 heteroatoms. The number of nitriles is 1. The van der Waals surface area contributed by atoms with Crippen molar-refractivity contribution >= 4 is 79.4 Å². The van der Waals surface area contributed by atoms with Crippen LogP contribution in [0.4, 0.5) is 10.1 Å². The summed E-state index contributed by atoms with van der Waals surface area (Å²) in [7, 11) is 0. The summed E-state index contributed by atoms with van der Waals surface area (Å²) in [6.45, 7) is 0.273. The van der Waals surface area contributed by atoms with E-state index in [1.54, 1.807) is 30.3 Å². The van der Waals surface area contributed by atoms with Gasteiger partial charge in [0.05, 0.1) is 23.8 Å². The Bertz CT molecular complexity index is 1240. The highest BCUT2D eigenvalue weighted by atomic mass is 127. The molecule has 0 heterocycles. The topological polar surface area (TPSA) is 62.1 Å². The first-order valence-corrected chi connectivity index (χ1v) is 11.6. The number of halogens is 5. The molecule has 4 nitrogen and oxygen atoms in total. The van der Waals surface area contributed by atoms with Gasteiger partial charge in [0, 0.05) is 0 Å². The largest absolute Gasteiger partial charge is 0.487 e. The molecule has 0 bridgehead atoms. The second kappa shape index (κ2) is 11.1. The number of nitrogens with zero attached hydrogens (tertiary/aromatic N) is 1. The summed E-state index contributed by atoms with van der Waals surface area (Å²) < 4.78 is 21.1. The second-order valence-corrected chi connectivity index (χ2v) is 9.29. The van der Waals surface area contributed by atoms with E-state index in [0.29, 0.717) is 25.8 Å². The number of benzene rings is 3. The smallest absolute Gasteiger partial charge is 0.266 e. The average Bonchev–Trinajstić information content (AvgIpc) is 2.75. The standard InChI is InChI=1S/C23H13BrCl2FIN2O2/c24-16-8-14(7-15(11-29)23(31)30-21-4-2-1-3-19(21)27)10-20(28)22(16)32-12-13-5-6-17(25)18(26)9-13/h1-10H,12H2,(H,30,31)/b15-7-. The molecule has 0 saturated carbocycles. The molecule has 162 valence electrons. The van der Waals surface area contributed by atoms with Crippen LogP contribution in [0.3, 0.4) is 0 Å². The molecular weight excluding hydrogens is 633 g/mol. The van der Waals surface area contributed by atoms with Gasteiger partial charge in [0.2, 0.25) is 0 Å². The normalized spacial score (nSPS) is 11.1. The summed E-state index contributed by atoms with van der Waals surface area (Å²) in [6, 6.07) is 16.3. The zero-order chi connectivity index (χ0) is 23.3. The lowest BCUT2D eigenvalue weighted by Gasteiger charge is -2.12. The lowest BCUT2D eigenvalue weighted by Crippen LogP contribution is -2.14. The minimum atomic E-state index is -0.705. The maximum Gasteiger partial charge on any atom is 0.266 e. The highest BCUT2D eigenvalue weighted by Gasteiger charge is 2.14. The number of hydrogen-bond acceptors (Lipinski definition) is 3. The number of carbonyl (C=O) groups excluding carboxylic acids is 1. The number of ether oxygens (including phenoxy) is 1. The molecule has 32 heavy (non-hydrogen) atoms. The molecule has 0 aromatic heterocycles. The lowest BCUT2D eigenvalue weighted by atomic mass is 10.1. The Kier molecular flexibility index (Phi) is 8.54. The van der Waals surface area contributed by atoms with Crippen molar-refractivity contribution in [3.8, 4) is 11.8 Å². The fraction of sp³-hybridized carbons (Fsp3) is 0.0435. The molecule has 0 spiro atoms. The number of nitrogens with one attached hydrogen (secondary N) is 1. The Morgan fingerprint density at radius 3 is 2.59 bits per heavy atom. The van der Waals surface area contributed by atoms with Gasteiger partial charge in [-0.15, -0.1) is 0 Å². The lowest BCUT2D eigenvalue weighted by molar-refractivity contribution is -0.112. The van der Waals surface area contributed by atoms with Crippen LogP contribution in [-0.2, 0) is 11.4 Å². The number of amides is 1. The molecule has 0 unspecified atom stereocenters. The third-order valence-electron chi connectivity index (χ3n) is 4.19. The molecule has 0 fully saturated rings. The highest BCUT2D eigenvalue weighted by molar-refractivity contribution is 14.1. The molecule has 3 rings (SSSR count). The van der Waals surface area contributed by atoms with E-state index < -0.39 is 11.7 Å². The van der Waals surface area contributed by atoms with Gasteiger partial charge >= 0.3 is 0 Å². The van der Waals surface area contributed by atoms with Gasteiger partial charge in [-0.25, -0.2) is 4.39 Å². The van der Waals surface area contributed by atoms with Gasteiger partial charge in [-0.2, -0.15) is 5.26 Å². The molecule has 0 aliphatic heterocycles. The monoisotopic (exact) mass is 644 g/mol. The van der Waals surface area contributed by atoms with Crippen LogP contribution in [0.25, 0.3) is 6.08 Å². The van der Waals surface area contributed by atoms with E-state index in [2.05, 4.69) is 43.8 Å². The molecule has 0 atom stereocenters. The SMILES string of the molecule is N#C/C(=C/c1cc(Br)c(OCc2ccc(Cl)c(Cl)c2)c(I)c1)C(=O)Nc1ccccc1F. The van der Waals surface area contributed by atoms with E-state index in [0.717, 1.165) is 9.13 Å². The molecule has 0 aliphatic rings.